The lowest BCUT2D eigenvalue weighted by molar-refractivity contribution is -0.133. The van der Waals surface area contributed by atoms with Crippen LogP contribution in [0, 0.1) is 5.92 Å². The molecule has 2 unspecified atom stereocenters. The number of ether oxygens (including phenoxy) is 2. The van der Waals surface area contributed by atoms with Gasteiger partial charge in [-0.3, -0.25) is 4.79 Å². The Balaban J connectivity index is 0.000000186. The molecule has 0 aliphatic carbocycles. The number of benzene rings is 1. The summed E-state index contributed by atoms with van der Waals surface area (Å²) in [4.78, 5) is 13.5. The average Bonchev–Trinajstić information content (AvgIpc) is 3.03. The largest absolute Gasteiger partial charge is 0.385 e. The molecule has 0 bridgehead atoms. The van der Waals surface area contributed by atoms with Crippen molar-refractivity contribution >= 4 is 5.91 Å². The number of carbonyl (C=O) groups excluding carboxylic acids is 1. The first kappa shape index (κ1) is 14.0. The summed E-state index contributed by atoms with van der Waals surface area (Å²) in [6.45, 7) is 1.89. The smallest absolute Gasteiger partial charge is 0.228 e. The van der Waals surface area contributed by atoms with Gasteiger partial charge in [-0.1, -0.05) is 36.4 Å². The van der Waals surface area contributed by atoms with Crippen molar-refractivity contribution < 1.29 is 14.3 Å². The number of fused-ring (bicyclic) bond motifs is 1. The lowest BCUT2D eigenvalue weighted by Gasteiger charge is -2.12. The Bertz CT molecular complexity index is 356. The summed E-state index contributed by atoms with van der Waals surface area (Å²) in [7, 11) is 1.67. The van der Waals surface area contributed by atoms with Crippen molar-refractivity contribution in [3.63, 3.8) is 0 Å². The quantitative estimate of drug-likeness (QED) is 0.836. The average molecular weight is 263 g/mol. The van der Waals surface area contributed by atoms with Crippen LogP contribution in [0.4, 0.5) is 0 Å². The standard InChI is InChI=1S/C9H15NO3.C6H6/c1-12-3-2-7-4-8-5-13-6-10(8)9(7)11;1-2-4-6-5-3-1/h7-8H,2-6H2,1H3;1-6H. The predicted octanol–water partition coefficient (Wildman–Crippen LogP) is 1.91. The second-order valence-electron chi connectivity index (χ2n) is 4.83. The number of nitrogens with zero attached hydrogens (tertiary/aromatic N) is 1. The highest BCUT2D eigenvalue weighted by Gasteiger charge is 2.42. The molecule has 0 saturated carbocycles. The number of rotatable bonds is 3. The Morgan fingerprint density at radius 3 is 2.42 bits per heavy atom. The van der Waals surface area contributed by atoms with E-state index >= 15 is 0 Å². The molecule has 0 spiro atoms. The zero-order valence-corrected chi connectivity index (χ0v) is 11.3. The van der Waals surface area contributed by atoms with Crippen LogP contribution in [0.2, 0.25) is 0 Å². The van der Waals surface area contributed by atoms with Crippen molar-refractivity contribution in [2.45, 2.75) is 18.9 Å². The fraction of sp³-hybridized carbons (Fsp3) is 0.533. The SMILES string of the molecule is COCCC1CC2COCN2C1=O.c1ccccc1. The van der Waals surface area contributed by atoms with Crippen LogP contribution in [0.3, 0.4) is 0 Å². The van der Waals surface area contributed by atoms with E-state index in [1.807, 2.05) is 41.3 Å². The van der Waals surface area contributed by atoms with Crippen LogP contribution < -0.4 is 0 Å². The summed E-state index contributed by atoms with van der Waals surface area (Å²) in [5.41, 5.74) is 0. The van der Waals surface area contributed by atoms with Crippen LogP contribution in [-0.4, -0.2) is 43.9 Å². The summed E-state index contributed by atoms with van der Waals surface area (Å²) in [5, 5.41) is 0. The van der Waals surface area contributed by atoms with Crippen LogP contribution in [-0.2, 0) is 14.3 Å². The topological polar surface area (TPSA) is 38.8 Å². The summed E-state index contributed by atoms with van der Waals surface area (Å²) in [6.07, 6.45) is 1.80. The third-order valence-corrected chi connectivity index (χ3v) is 3.51. The number of carbonyl (C=O) groups is 1. The van der Waals surface area contributed by atoms with Crippen molar-refractivity contribution in [3.05, 3.63) is 36.4 Å². The molecule has 2 aliphatic heterocycles. The lowest BCUT2D eigenvalue weighted by Crippen LogP contribution is -2.29. The Morgan fingerprint density at radius 2 is 1.89 bits per heavy atom. The van der Waals surface area contributed by atoms with E-state index in [1.165, 1.54) is 0 Å². The molecule has 1 aromatic carbocycles. The number of hydrogen-bond donors (Lipinski definition) is 0. The molecule has 0 N–H and O–H groups in total. The van der Waals surface area contributed by atoms with E-state index in [0.717, 1.165) is 19.4 Å². The van der Waals surface area contributed by atoms with Gasteiger partial charge in [-0.05, 0) is 12.8 Å². The highest BCUT2D eigenvalue weighted by molar-refractivity contribution is 5.81. The number of hydrogen-bond acceptors (Lipinski definition) is 3. The minimum Gasteiger partial charge on any atom is -0.385 e. The first-order valence-electron chi connectivity index (χ1n) is 6.70. The fourth-order valence-corrected chi connectivity index (χ4v) is 2.47. The van der Waals surface area contributed by atoms with Gasteiger partial charge in [0.1, 0.15) is 6.73 Å². The Morgan fingerprint density at radius 1 is 1.26 bits per heavy atom. The van der Waals surface area contributed by atoms with Crippen LogP contribution in [0.5, 0.6) is 0 Å². The van der Waals surface area contributed by atoms with Crippen molar-refractivity contribution in [2.75, 3.05) is 27.1 Å². The van der Waals surface area contributed by atoms with E-state index in [-0.39, 0.29) is 11.8 Å². The van der Waals surface area contributed by atoms with Crippen LogP contribution in [0.1, 0.15) is 12.8 Å². The molecule has 2 heterocycles. The highest BCUT2D eigenvalue weighted by Crippen LogP contribution is 2.30. The van der Waals surface area contributed by atoms with Gasteiger partial charge in [0, 0.05) is 19.6 Å². The maximum Gasteiger partial charge on any atom is 0.228 e. The van der Waals surface area contributed by atoms with E-state index in [2.05, 4.69) is 0 Å². The second-order valence-corrected chi connectivity index (χ2v) is 4.83. The minimum absolute atomic E-state index is 0.175. The molecule has 104 valence electrons. The zero-order valence-electron chi connectivity index (χ0n) is 11.3. The molecule has 0 aromatic heterocycles. The third-order valence-electron chi connectivity index (χ3n) is 3.51. The molecule has 19 heavy (non-hydrogen) atoms. The van der Waals surface area contributed by atoms with Crippen LogP contribution in [0.25, 0.3) is 0 Å². The molecule has 2 atom stereocenters. The maximum atomic E-state index is 11.7. The highest BCUT2D eigenvalue weighted by atomic mass is 16.5. The normalized spacial score (nSPS) is 24.9. The van der Waals surface area contributed by atoms with Gasteiger partial charge in [-0.25, -0.2) is 0 Å². The van der Waals surface area contributed by atoms with E-state index in [0.29, 0.717) is 19.4 Å². The predicted molar refractivity (Wildman–Crippen MR) is 72.5 cm³/mol. The molecule has 2 aliphatic rings. The zero-order chi connectivity index (χ0) is 13.5. The van der Waals surface area contributed by atoms with Gasteiger partial charge in [0.25, 0.3) is 0 Å². The molecule has 2 fully saturated rings. The van der Waals surface area contributed by atoms with Gasteiger partial charge in [0.15, 0.2) is 0 Å². The number of amides is 1. The van der Waals surface area contributed by atoms with Crippen molar-refractivity contribution in [3.8, 4) is 0 Å². The van der Waals surface area contributed by atoms with Crippen LogP contribution in [0.15, 0.2) is 36.4 Å². The number of methoxy groups -OCH3 is 1. The molecular formula is C15H21NO3. The molecule has 4 heteroatoms. The monoisotopic (exact) mass is 263 g/mol. The molecule has 1 aromatic rings. The third kappa shape index (κ3) is 3.78. The summed E-state index contributed by atoms with van der Waals surface area (Å²) in [6, 6.07) is 12.3. The van der Waals surface area contributed by atoms with Crippen molar-refractivity contribution in [1.29, 1.82) is 0 Å². The first-order chi connectivity index (χ1) is 9.33. The Hall–Kier alpha value is -1.39. The van der Waals surface area contributed by atoms with E-state index in [1.54, 1.807) is 7.11 Å². The van der Waals surface area contributed by atoms with Gasteiger partial charge in [0.2, 0.25) is 5.91 Å². The second kappa shape index (κ2) is 7.26. The fourth-order valence-electron chi connectivity index (χ4n) is 2.47. The maximum absolute atomic E-state index is 11.7. The summed E-state index contributed by atoms with van der Waals surface area (Å²) in [5.74, 6) is 0.424. The summed E-state index contributed by atoms with van der Waals surface area (Å²) < 4.78 is 10.2. The minimum atomic E-state index is 0.175. The molecule has 4 nitrogen and oxygen atoms in total. The first-order valence-corrected chi connectivity index (χ1v) is 6.70. The van der Waals surface area contributed by atoms with Gasteiger partial charge < -0.3 is 14.4 Å². The van der Waals surface area contributed by atoms with Crippen molar-refractivity contribution in [2.24, 2.45) is 5.92 Å². The molecule has 2 saturated heterocycles. The van der Waals surface area contributed by atoms with Crippen molar-refractivity contribution in [1.82, 2.24) is 4.90 Å². The van der Waals surface area contributed by atoms with E-state index in [4.69, 9.17) is 9.47 Å². The van der Waals surface area contributed by atoms with Crippen LogP contribution >= 0.6 is 0 Å². The summed E-state index contributed by atoms with van der Waals surface area (Å²) >= 11 is 0. The molecule has 3 rings (SSSR count). The Labute approximate surface area is 114 Å². The van der Waals surface area contributed by atoms with E-state index in [9.17, 15) is 4.79 Å². The molecule has 0 radical (unpaired) electrons. The van der Waals surface area contributed by atoms with E-state index < -0.39 is 0 Å². The Kier molecular flexibility index (Phi) is 5.36. The molecule has 1 amide bonds. The van der Waals surface area contributed by atoms with Gasteiger partial charge >= 0.3 is 0 Å². The van der Waals surface area contributed by atoms with Gasteiger partial charge in [0.05, 0.1) is 12.6 Å². The van der Waals surface area contributed by atoms with Gasteiger partial charge in [-0.15, -0.1) is 0 Å². The van der Waals surface area contributed by atoms with Gasteiger partial charge in [-0.2, -0.15) is 0 Å². The molecular weight excluding hydrogens is 242 g/mol. The lowest BCUT2D eigenvalue weighted by atomic mass is 10.0.